The van der Waals surface area contributed by atoms with Gasteiger partial charge < -0.3 is 10.6 Å². The molecule has 0 bridgehead atoms. The molecule has 2 amide bonds. The van der Waals surface area contributed by atoms with Crippen LogP contribution in [-0.2, 0) is 14.8 Å². The summed E-state index contributed by atoms with van der Waals surface area (Å²) in [5.74, 6) is -1.88. The van der Waals surface area contributed by atoms with E-state index in [9.17, 15) is 22.8 Å². The third-order valence-corrected chi connectivity index (χ3v) is 6.85. The van der Waals surface area contributed by atoms with Crippen LogP contribution >= 0.6 is 34.8 Å². The first-order chi connectivity index (χ1) is 14.4. The van der Waals surface area contributed by atoms with E-state index in [1.807, 2.05) is 0 Å². The number of hydrogen-bond acceptors (Lipinski definition) is 6. The summed E-state index contributed by atoms with van der Waals surface area (Å²) in [5, 5.41) is 5.16. The summed E-state index contributed by atoms with van der Waals surface area (Å²) in [6, 6.07) is 11.9. The molecule has 1 atom stereocenters. The number of hydrogen-bond donors (Lipinski definition) is 2. The highest BCUT2D eigenvalue weighted by molar-refractivity contribution is 7.90. The molecule has 0 spiro atoms. The van der Waals surface area contributed by atoms with Gasteiger partial charge in [-0.25, -0.2) is 12.7 Å². The van der Waals surface area contributed by atoms with Crippen molar-refractivity contribution in [2.24, 2.45) is 0 Å². The molecule has 31 heavy (non-hydrogen) atoms. The molecule has 1 unspecified atom stereocenters. The van der Waals surface area contributed by atoms with Crippen LogP contribution in [0, 0.1) is 0 Å². The van der Waals surface area contributed by atoms with Crippen LogP contribution in [-0.4, -0.2) is 46.8 Å². The smallest absolute Gasteiger partial charge is 0.269 e. The molecule has 0 saturated carbocycles. The van der Waals surface area contributed by atoms with E-state index < -0.39 is 38.3 Å². The number of Topliss-reactive ketones (excluding diaryl/α,β-unsaturated/α-hetero) is 1. The Bertz CT molecular complexity index is 1160. The van der Waals surface area contributed by atoms with Crippen molar-refractivity contribution in [3.63, 3.8) is 0 Å². The number of carbonyl (C=O) groups is 3. The van der Waals surface area contributed by atoms with Crippen LogP contribution in [0.25, 0.3) is 0 Å². The molecule has 12 heteroatoms. The van der Waals surface area contributed by atoms with Gasteiger partial charge in [-0.2, -0.15) is 0 Å². The predicted molar refractivity (Wildman–Crippen MR) is 117 cm³/mol. The van der Waals surface area contributed by atoms with Gasteiger partial charge in [0.05, 0.1) is 5.56 Å². The lowest BCUT2D eigenvalue weighted by molar-refractivity contribution is -0.121. The average molecular weight is 505 g/mol. The van der Waals surface area contributed by atoms with Crippen molar-refractivity contribution in [3.8, 4) is 0 Å². The van der Waals surface area contributed by atoms with Gasteiger partial charge in [0, 0.05) is 11.3 Å². The van der Waals surface area contributed by atoms with E-state index in [-0.39, 0.29) is 16.2 Å². The number of benzene rings is 2. The molecule has 0 radical (unpaired) electrons. The maximum Gasteiger partial charge on any atom is 0.269 e. The van der Waals surface area contributed by atoms with Crippen molar-refractivity contribution < 1.29 is 22.8 Å². The van der Waals surface area contributed by atoms with Gasteiger partial charge in [-0.15, -0.1) is 0 Å². The molecule has 0 fully saturated rings. The molecule has 8 nitrogen and oxygen atoms in total. The Morgan fingerprint density at radius 3 is 2.39 bits per heavy atom. The standard InChI is InChI=1S/C19H16Cl3N3O5S/c1-11(26)12-5-4-6-13(9-12)23-18(19(20,21)22)24-16(27)10-25-17(28)14-7-2-3-8-15(14)31(25,29)30/h2-9,18,23H,10H2,1H3,(H,24,27). The highest BCUT2D eigenvalue weighted by atomic mass is 35.6. The Labute approximate surface area is 193 Å². The molecule has 3 rings (SSSR count). The van der Waals surface area contributed by atoms with Crippen LogP contribution < -0.4 is 10.6 Å². The Kier molecular flexibility index (Phi) is 6.52. The van der Waals surface area contributed by atoms with Gasteiger partial charge in [0.2, 0.25) is 9.70 Å². The van der Waals surface area contributed by atoms with E-state index in [0.29, 0.717) is 15.6 Å². The van der Waals surface area contributed by atoms with Gasteiger partial charge in [-0.3, -0.25) is 14.4 Å². The Hall–Kier alpha value is -2.33. The molecule has 1 aliphatic rings. The molecule has 2 aromatic carbocycles. The topological polar surface area (TPSA) is 113 Å². The van der Waals surface area contributed by atoms with Crippen molar-refractivity contribution >= 4 is 68.1 Å². The van der Waals surface area contributed by atoms with Crippen LogP contribution in [0.3, 0.4) is 0 Å². The minimum atomic E-state index is -4.17. The fraction of sp³-hybridized carbons (Fsp3) is 0.211. The van der Waals surface area contributed by atoms with E-state index in [4.69, 9.17) is 34.8 Å². The van der Waals surface area contributed by atoms with E-state index in [1.165, 1.54) is 37.3 Å². The maximum absolute atomic E-state index is 12.6. The van der Waals surface area contributed by atoms with Gasteiger partial charge in [0.15, 0.2) is 5.78 Å². The molecule has 1 aliphatic heterocycles. The third kappa shape index (κ3) is 4.95. The number of carbonyl (C=O) groups excluding carboxylic acids is 3. The molecular weight excluding hydrogens is 489 g/mol. The number of nitrogens with one attached hydrogen (secondary N) is 2. The highest BCUT2D eigenvalue weighted by Gasteiger charge is 2.42. The average Bonchev–Trinajstić information content (AvgIpc) is 2.88. The number of fused-ring (bicyclic) bond motifs is 1. The summed E-state index contributed by atoms with van der Waals surface area (Å²) in [5.41, 5.74) is 0.750. The van der Waals surface area contributed by atoms with E-state index in [2.05, 4.69) is 10.6 Å². The van der Waals surface area contributed by atoms with Crippen LogP contribution in [0.15, 0.2) is 53.4 Å². The Morgan fingerprint density at radius 2 is 1.77 bits per heavy atom. The zero-order valence-electron chi connectivity index (χ0n) is 15.9. The number of sulfonamides is 1. The number of alkyl halides is 3. The van der Waals surface area contributed by atoms with Crippen molar-refractivity contribution in [1.29, 1.82) is 0 Å². The van der Waals surface area contributed by atoms with Gasteiger partial charge in [-0.05, 0) is 31.2 Å². The maximum atomic E-state index is 12.6. The molecule has 2 N–H and O–H groups in total. The van der Waals surface area contributed by atoms with Gasteiger partial charge in [-0.1, -0.05) is 59.1 Å². The number of amides is 2. The van der Waals surface area contributed by atoms with Crippen molar-refractivity contribution in [2.75, 3.05) is 11.9 Å². The summed E-state index contributed by atoms with van der Waals surface area (Å²) in [7, 11) is -4.17. The lowest BCUT2D eigenvalue weighted by Crippen LogP contribution is -2.52. The monoisotopic (exact) mass is 503 g/mol. The second kappa shape index (κ2) is 8.66. The first-order valence-corrected chi connectivity index (χ1v) is 11.4. The lowest BCUT2D eigenvalue weighted by Gasteiger charge is -2.28. The van der Waals surface area contributed by atoms with Crippen LogP contribution in [0.5, 0.6) is 0 Å². The number of halogens is 3. The normalized spacial score (nSPS) is 15.9. The highest BCUT2D eigenvalue weighted by Crippen LogP contribution is 2.32. The van der Waals surface area contributed by atoms with Gasteiger partial charge in [0.1, 0.15) is 17.6 Å². The molecule has 1 heterocycles. The zero-order valence-corrected chi connectivity index (χ0v) is 19.0. The van der Waals surface area contributed by atoms with E-state index in [1.54, 1.807) is 18.2 Å². The van der Waals surface area contributed by atoms with Gasteiger partial charge in [0.25, 0.3) is 15.9 Å². The second-order valence-corrected chi connectivity index (χ2v) is 10.8. The number of ketones is 1. The minimum absolute atomic E-state index is 0.0209. The second-order valence-electron chi connectivity index (χ2n) is 6.64. The Morgan fingerprint density at radius 1 is 1.10 bits per heavy atom. The Balaban J connectivity index is 1.77. The largest absolute Gasteiger partial charge is 0.362 e. The first-order valence-electron chi connectivity index (χ1n) is 8.81. The fourth-order valence-electron chi connectivity index (χ4n) is 2.92. The zero-order chi connectivity index (χ0) is 23.0. The fourth-order valence-corrected chi connectivity index (χ4v) is 4.77. The molecule has 0 saturated heterocycles. The molecule has 2 aromatic rings. The van der Waals surface area contributed by atoms with E-state index in [0.717, 1.165) is 0 Å². The molecule has 0 aromatic heterocycles. The first kappa shape index (κ1) is 23.3. The van der Waals surface area contributed by atoms with Crippen molar-refractivity contribution in [3.05, 3.63) is 59.7 Å². The third-order valence-electron chi connectivity index (χ3n) is 4.41. The summed E-state index contributed by atoms with van der Waals surface area (Å²) in [6.45, 7) is 0.584. The van der Waals surface area contributed by atoms with Crippen LogP contribution in [0.1, 0.15) is 27.6 Å². The van der Waals surface area contributed by atoms with Crippen molar-refractivity contribution in [2.45, 2.75) is 21.8 Å². The molecule has 164 valence electrons. The van der Waals surface area contributed by atoms with E-state index >= 15 is 0 Å². The predicted octanol–water partition coefficient (Wildman–Crippen LogP) is 2.96. The van der Waals surface area contributed by atoms with Gasteiger partial charge >= 0.3 is 0 Å². The van der Waals surface area contributed by atoms with Crippen LogP contribution in [0.4, 0.5) is 5.69 Å². The number of rotatable bonds is 6. The molecular formula is C19H16Cl3N3O5S. The quantitative estimate of drug-likeness (QED) is 0.355. The number of nitrogens with zero attached hydrogens (tertiary/aromatic N) is 1. The SMILES string of the molecule is CC(=O)c1cccc(NC(NC(=O)CN2C(=O)c3ccccc3S2(=O)=O)C(Cl)(Cl)Cl)c1. The summed E-state index contributed by atoms with van der Waals surface area (Å²) in [4.78, 5) is 36.4. The lowest BCUT2D eigenvalue weighted by atomic mass is 10.1. The summed E-state index contributed by atoms with van der Waals surface area (Å²) >= 11 is 17.9. The summed E-state index contributed by atoms with van der Waals surface area (Å²) in [6.07, 6.45) is -1.30. The molecule has 0 aliphatic carbocycles. The van der Waals surface area contributed by atoms with Crippen molar-refractivity contribution in [1.82, 2.24) is 9.62 Å². The van der Waals surface area contributed by atoms with Crippen LogP contribution in [0.2, 0.25) is 0 Å². The number of anilines is 1. The summed E-state index contributed by atoms with van der Waals surface area (Å²) < 4.78 is 23.6. The minimum Gasteiger partial charge on any atom is -0.362 e.